The Labute approximate surface area is 234 Å². The zero-order chi connectivity index (χ0) is 27.0. The van der Waals surface area contributed by atoms with Crippen LogP contribution in [0.15, 0.2) is 84.2 Å². The van der Waals surface area contributed by atoms with Crippen molar-refractivity contribution < 1.29 is 14.3 Å². The van der Waals surface area contributed by atoms with Crippen molar-refractivity contribution in [1.82, 2.24) is 14.8 Å². The van der Waals surface area contributed by atoms with Crippen molar-refractivity contribution in [2.24, 2.45) is 0 Å². The fraction of sp³-hybridized carbons (Fsp3) is 0.312. The molecule has 0 radical (unpaired) electrons. The first-order valence-electron chi connectivity index (χ1n) is 13.6. The minimum Gasteiger partial charge on any atom is -0.454 e. The van der Waals surface area contributed by atoms with E-state index in [9.17, 15) is 4.79 Å². The molecule has 0 fully saturated rings. The molecule has 0 atom stereocenters. The van der Waals surface area contributed by atoms with Gasteiger partial charge in [-0.3, -0.25) is 9.69 Å². The average Bonchev–Trinajstić information content (AvgIpc) is 3.64. The van der Waals surface area contributed by atoms with Crippen LogP contribution in [0.3, 0.4) is 0 Å². The van der Waals surface area contributed by atoms with Crippen LogP contribution >= 0.6 is 11.3 Å². The number of rotatable bonds is 12. The minimum atomic E-state index is -0.00181. The molecule has 0 saturated heterocycles. The zero-order valence-electron chi connectivity index (χ0n) is 22.6. The van der Waals surface area contributed by atoms with E-state index in [2.05, 4.69) is 77.7 Å². The highest BCUT2D eigenvalue weighted by Crippen LogP contribution is 2.33. The Balaban J connectivity index is 1.37. The molecule has 0 N–H and O–H groups in total. The Kier molecular flexibility index (Phi) is 8.91. The van der Waals surface area contributed by atoms with E-state index in [1.54, 1.807) is 11.3 Å². The van der Waals surface area contributed by atoms with Gasteiger partial charge in [0.1, 0.15) is 10.7 Å². The SMILES string of the molecule is CCN(CC)C(=O)c1csc(CN(CCC(c2ccccc2)c2ccccc2)Cc2ccc3c(c2)OCO3)n1. The van der Waals surface area contributed by atoms with Gasteiger partial charge >= 0.3 is 0 Å². The first-order valence-corrected chi connectivity index (χ1v) is 14.5. The summed E-state index contributed by atoms with van der Waals surface area (Å²) in [6.45, 7) is 7.89. The molecule has 0 bridgehead atoms. The number of benzene rings is 3. The molecule has 0 spiro atoms. The normalized spacial score (nSPS) is 12.3. The first kappa shape index (κ1) is 26.9. The molecule has 0 unspecified atom stereocenters. The fourth-order valence-corrected chi connectivity index (χ4v) is 5.87. The molecule has 39 heavy (non-hydrogen) atoms. The van der Waals surface area contributed by atoms with Crippen LogP contribution in [0, 0.1) is 0 Å². The van der Waals surface area contributed by atoms with E-state index in [-0.39, 0.29) is 18.6 Å². The van der Waals surface area contributed by atoms with E-state index in [1.807, 2.05) is 30.2 Å². The molecular formula is C32H35N3O3S. The summed E-state index contributed by atoms with van der Waals surface area (Å²) >= 11 is 1.56. The zero-order valence-corrected chi connectivity index (χ0v) is 23.4. The predicted molar refractivity (Wildman–Crippen MR) is 155 cm³/mol. The number of aromatic nitrogens is 1. The van der Waals surface area contributed by atoms with Gasteiger partial charge in [0, 0.05) is 30.9 Å². The highest BCUT2D eigenvalue weighted by atomic mass is 32.1. The number of thiazole rings is 1. The van der Waals surface area contributed by atoms with E-state index < -0.39 is 0 Å². The summed E-state index contributed by atoms with van der Waals surface area (Å²) in [5, 5.41) is 2.84. The number of carbonyl (C=O) groups is 1. The molecule has 2 heterocycles. The molecular weight excluding hydrogens is 506 g/mol. The van der Waals surface area contributed by atoms with Gasteiger partial charge in [-0.2, -0.15) is 0 Å². The van der Waals surface area contributed by atoms with Crippen LogP contribution in [0.4, 0.5) is 0 Å². The smallest absolute Gasteiger partial charge is 0.273 e. The van der Waals surface area contributed by atoms with E-state index >= 15 is 0 Å². The second-order valence-corrected chi connectivity index (χ2v) is 10.6. The molecule has 6 nitrogen and oxygen atoms in total. The molecule has 3 aromatic carbocycles. The Bertz CT molecular complexity index is 1320. The summed E-state index contributed by atoms with van der Waals surface area (Å²) in [6.07, 6.45) is 0.954. The molecule has 7 heteroatoms. The fourth-order valence-electron chi connectivity index (χ4n) is 5.07. The monoisotopic (exact) mass is 541 g/mol. The van der Waals surface area contributed by atoms with Crippen molar-refractivity contribution >= 4 is 17.2 Å². The van der Waals surface area contributed by atoms with Gasteiger partial charge in [0.15, 0.2) is 11.5 Å². The summed E-state index contributed by atoms with van der Waals surface area (Å²) in [5.41, 5.74) is 4.32. The molecule has 5 rings (SSSR count). The number of amides is 1. The highest BCUT2D eigenvalue weighted by Gasteiger charge is 2.21. The topological polar surface area (TPSA) is 54.9 Å². The maximum absolute atomic E-state index is 12.9. The average molecular weight is 542 g/mol. The van der Waals surface area contributed by atoms with Crippen molar-refractivity contribution in [3.8, 4) is 11.5 Å². The van der Waals surface area contributed by atoms with Crippen molar-refractivity contribution in [3.05, 3.63) is 112 Å². The van der Waals surface area contributed by atoms with Crippen LogP contribution in [-0.2, 0) is 13.1 Å². The largest absolute Gasteiger partial charge is 0.454 e. The van der Waals surface area contributed by atoms with Crippen LogP contribution in [0.5, 0.6) is 11.5 Å². The van der Waals surface area contributed by atoms with Crippen molar-refractivity contribution in [2.75, 3.05) is 26.4 Å². The van der Waals surface area contributed by atoms with Gasteiger partial charge in [0.05, 0.1) is 6.54 Å². The Morgan fingerprint density at radius 2 is 1.56 bits per heavy atom. The molecule has 1 aliphatic rings. The van der Waals surface area contributed by atoms with Crippen molar-refractivity contribution in [1.29, 1.82) is 0 Å². The van der Waals surface area contributed by atoms with Gasteiger partial charge in [-0.1, -0.05) is 66.7 Å². The van der Waals surface area contributed by atoms with E-state index in [4.69, 9.17) is 14.5 Å². The first-order chi connectivity index (χ1) is 19.1. The summed E-state index contributed by atoms with van der Waals surface area (Å²) in [5.74, 6) is 1.86. The molecule has 0 aliphatic carbocycles. The van der Waals surface area contributed by atoms with Gasteiger partial charge in [-0.15, -0.1) is 11.3 Å². The van der Waals surface area contributed by atoms with Crippen LogP contribution in [0.25, 0.3) is 0 Å². The van der Waals surface area contributed by atoms with Crippen LogP contribution in [0.1, 0.15) is 58.4 Å². The number of fused-ring (bicyclic) bond motifs is 1. The summed E-state index contributed by atoms with van der Waals surface area (Å²) < 4.78 is 11.1. The summed E-state index contributed by atoms with van der Waals surface area (Å²) in [4.78, 5) is 21.8. The lowest BCUT2D eigenvalue weighted by atomic mass is 9.88. The molecule has 1 aromatic heterocycles. The molecule has 0 saturated carbocycles. The van der Waals surface area contributed by atoms with Crippen LogP contribution in [0.2, 0.25) is 0 Å². The second kappa shape index (κ2) is 12.9. The lowest BCUT2D eigenvalue weighted by Gasteiger charge is -2.25. The summed E-state index contributed by atoms with van der Waals surface area (Å²) in [6, 6.07) is 27.6. The number of ether oxygens (including phenoxy) is 2. The van der Waals surface area contributed by atoms with Gasteiger partial charge in [0.25, 0.3) is 5.91 Å². The van der Waals surface area contributed by atoms with Gasteiger partial charge in [-0.25, -0.2) is 4.98 Å². The third-order valence-corrected chi connectivity index (χ3v) is 8.00. The van der Waals surface area contributed by atoms with Gasteiger partial charge in [0.2, 0.25) is 6.79 Å². The number of hydrogen-bond acceptors (Lipinski definition) is 6. The maximum atomic E-state index is 12.9. The Morgan fingerprint density at radius 3 is 2.23 bits per heavy atom. The number of hydrogen-bond donors (Lipinski definition) is 0. The third-order valence-electron chi connectivity index (χ3n) is 7.16. The molecule has 1 amide bonds. The maximum Gasteiger partial charge on any atom is 0.273 e. The Morgan fingerprint density at radius 1 is 0.897 bits per heavy atom. The summed E-state index contributed by atoms with van der Waals surface area (Å²) in [7, 11) is 0. The van der Waals surface area contributed by atoms with Crippen LogP contribution in [-0.4, -0.2) is 47.1 Å². The van der Waals surface area contributed by atoms with Gasteiger partial charge < -0.3 is 14.4 Å². The van der Waals surface area contributed by atoms with Gasteiger partial charge in [-0.05, 0) is 55.6 Å². The van der Waals surface area contributed by atoms with E-state index in [0.29, 0.717) is 25.3 Å². The number of nitrogens with zero attached hydrogens (tertiary/aromatic N) is 3. The quantitative estimate of drug-likeness (QED) is 0.203. The lowest BCUT2D eigenvalue weighted by Crippen LogP contribution is -2.30. The molecule has 202 valence electrons. The predicted octanol–water partition coefficient (Wildman–Crippen LogP) is 6.58. The van der Waals surface area contributed by atoms with Crippen LogP contribution < -0.4 is 9.47 Å². The molecule has 4 aromatic rings. The lowest BCUT2D eigenvalue weighted by molar-refractivity contribution is 0.0767. The third kappa shape index (κ3) is 6.67. The van der Waals surface area contributed by atoms with Crippen molar-refractivity contribution in [2.45, 2.75) is 39.3 Å². The van der Waals surface area contributed by atoms with Crippen molar-refractivity contribution in [3.63, 3.8) is 0 Å². The van der Waals surface area contributed by atoms with E-state index in [0.717, 1.165) is 41.6 Å². The molecule has 1 aliphatic heterocycles. The minimum absolute atomic E-state index is 0.00181. The standard InChI is InChI=1S/C32H35N3O3S/c1-3-35(4-2)32(36)28-22-39-31(33-28)21-34(20-24-15-16-29-30(19-24)38-23-37-29)18-17-27(25-11-7-5-8-12-25)26-13-9-6-10-14-26/h5-16,19,22,27H,3-4,17-18,20-21,23H2,1-2H3. The Hall–Kier alpha value is -3.68. The number of carbonyl (C=O) groups excluding carboxylic acids is 1. The second-order valence-electron chi connectivity index (χ2n) is 9.66. The van der Waals surface area contributed by atoms with E-state index in [1.165, 1.54) is 11.1 Å². The highest BCUT2D eigenvalue weighted by molar-refractivity contribution is 7.09.